The molecule has 34 heavy (non-hydrogen) atoms. The molecule has 9 rings (SSSR count). The number of fused-ring (bicyclic) bond motifs is 11. The fourth-order valence-electron chi connectivity index (χ4n) is 6.79. The minimum absolute atomic E-state index is 0.0617. The molecule has 0 saturated carbocycles. The zero-order valence-electron chi connectivity index (χ0n) is 18.1. The van der Waals surface area contributed by atoms with Crippen molar-refractivity contribution in [2.75, 3.05) is 0 Å². The molecule has 2 nitrogen and oxygen atoms in total. The normalized spacial score (nSPS) is 13.4. The predicted molar refractivity (Wildman–Crippen MR) is 140 cm³/mol. The number of benzene rings is 5. The van der Waals surface area contributed by atoms with Gasteiger partial charge in [0.1, 0.15) is 5.82 Å². The van der Waals surface area contributed by atoms with Crippen molar-refractivity contribution < 1.29 is 4.39 Å². The van der Waals surface area contributed by atoms with Gasteiger partial charge >= 0.3 is 0 Å². The Morgan fingerprint density at radius 3 is 2.09 bits per heavy atom. The number of hydrogen-bond donors (Lipinski definition) is 0. The molecule has 7 aromatic rings. The second kappa shape index (κ2) is 5.60. The summed E-state index contributed by atoms with van der Waals surface area (Å²) in [5, 5.41) is 4.12. The van der Waals surface area contributed by atoms with Crippen molar-refractivity contribution in [3.8, 4) is 11.4 Å². The Kier molecular flexibility index (Phi) is 2.83. The Morgan fingerprint density at radius 1 is 0.559 bits per heavy atom. The molecule has 0 bridgehead atoms. The second-order valence-corrected chi connectivity index (χ2v) is 9.46. The van der Waals surface area contributed by atoms with Crippen molar-refractivity contribution in [3.05, 3.63) is 103 Å². The lowest BCUT2D eigenvalue weighted by Crippen LogP contribution is -2.59. The van der Waals surface area contributed by atoms with Gasteiger partial charge < -0.3 is 9.13 Å². The van der Waals surface area contributed by atoms with Crippen LogP contribution in [0.3, 0.4) is 0 Å². The molecule has 0 radical (unpaired) electrons. The monoisotopic (exact) mass is 434 g/mol. The van der Waals surface area contributed by atoms with E-state index in [2.05, 4.69) is 81.9 Å². The summed E-state index contributed by atoms with van der Waals surface area (Å²) in [6.07, 6.45) is 0. The zero-order chi connectivity index (χ0) is 22.1. The summed E-state index contributed by atoms with van der Waals surface area (Å²) < 4.78 is 20.7. The van der Waals surface area contributed by atoms with Crippen LogP contribution in [0.25, 0.3) is 55.0 Å². The Balaban J connectivity index is 1.64. The van der Waals surface area contributed by atoms with E-state index >= 15 is 4.39 Å². The van der Waals surface area contributed by atoms with Gasteiger partial charge in [0.2, 0.25) is 0 Å². The van der Waals surface area contributed by atoms with Gasteiger partial charge in [0, 0.05) is 38.4 Å². The number of hydrogen-bond acceptors (Lipinski definition) is 0. The van der Waals surface area contributed by atoms with Crippen LogP contribution in [-0.4, -0.2) is 15.8 Å². The van der Waals surface area contributed by atoms with E-state index < -0.39 is 0 Å². The number of halogens is 1. The highest BCUT2D eigenvalue weighted by atomic mass is 19.1. The molecule has 0 fully saturated rings. The summed E-state index contributed by atoms with van der Waals surface area (Å²) in [6.45, 7) is 0.0617. The topological polar surface area (TPSA) is 9.86 Å². The van der Waals surface area contributed by atoms with Crippen molar-refractivity contribution in [2.24, 2.45) is 0 Å². The maximum absolute atomic E-state index is 16.1. The highest BCUT2D eigenvalue weighted by molar-refractivity contribution is 7.00. The van der Waals surface area contributed by atoms with Crippen molar-refractivity contribution in [2.45, 2.75) is 0 Å². The lowest BCUT2D eigenvalue weighted by atomic mass is 9.34. The number of rotatable bonds is 0. The summed E-state index contributed by atoms with van der Waals surface area (Å²) in [7, 11) is 0. The molecule has 0 spiro atoms. The van der Waals surface area contributed by atoms with E-state index in [1.54, 1.807) is 6.07 Å². The van der Waals surface area contributed by atoms with Gasteiger partial charge in [0.25, 0.3) is 6.71 Å². The summed E-state index contributed by atoms with van der Waals surface area (Å²) in [5.41, 5.74) is 10.2. The Hall–Kier alpha value is -4.31. The van der Waals surface area contributed by atoms with Gasteiger partial charge in [-0.05, 0) is 40.7 Å². The molecule has 0 aliphatic carbocycles. The number of aromatic nitrogens is 2. The van der Waals surface area contributed by atoms with Crippen molar-refractivity contribution in [1.29, 1.82) is 0 Å². The zero-order valence-corrected chi connectivity index (χ0v) is 18.1. The summed E-state index contributed by atoms with van der Waals surface area (Å²) in [6, 6.07) is 33.7. The lowest BCUT2D eigenvalue weighted by Gasteiger charge is -2.33. The molecule has 0 saturated heterocycles. The Labute approximate surface area is 194 Å². The number of para-hydroxylation sites is 4. The van der Waals surface area contributed by atoms with Crippen LogP contribution < -0.4 is 16.4 Å². The van der Waals surface area contributed by atoms with Crippen LogP contribution in [0.1, 0.15) is 0 Å². The van der Waals surface area contributed by atoms with Crippen LogP contribution in [0.2, 0.25) is 0 Å². The largest absolute Gasteiger partial charge is 0.310 e. The molecule has 2 aromatic heterocycles. The molecule has 5 aromatic carbocycles. The van der Waals surface area contributed by atoms with Gasteiger partial charge in [-0.15, -0.1) is 0 Å². The first-order valence-corrected chi connectivity index (χ1v) is 11.7. The molecule has 0 atom stereocenters. The summed E-state index contributed by atoms with van der Waals surface area (Å²) in [4.78, 5) is 0. The van der Waals surface area contributed by atoms with Crippen molar-refractivity contribution in [1.82, 2.24) is 9.13 Å². The van der Waals surface area contributed by atoms with Gasteiger partial charge in [-0.25, -0.2) is 4.39 Å². The van der Waals surface area contributed by atoms with Crippen LogP contribution in [0, 0.1) is 5.82 Å². The maximum Gasteiger partial charge on any atom is 0.252 e. The van der Waals surface area contributed by atoms with E-state index in [-0.39, 0.29) is 12.5 Å². The smallest absolute Gasteiger partial charge is 0.252 e. The first-order chi connectivity index (χ1) is 16.8. The molecular weight excluding hydrogens is 418 g/mol. The van der Waals surface area contributed by atoms with Gasteiger partial charge in [-0.1, -0.05) is 72.8 Å². The van der Waals surface area contributed by atoms with Gasteiger partial charge in [-0.3, -0.25) is 0 Å². The number of nitrogens with zero attached hydrogens (tertiary/aromatic N) is 2. The fourth-order valence-corrected chi connectivity index (χ4v) is 6.79. The highest BCUT2D eigenvalue weighted by Gasteiger charge is 2.41. The van der Waals surface area contributed by atoms with E-state index in [1.807, 2.05) is 18.2 Å². The van der Waals surface area contributed by atoms with Gasteiger partial charge in [0.15, 0.2) is 0 Å². The third kappa shape index (κ3) is 1.73. The third-order valence-electron chi connectivity index (χ3n) is 7.96. The molecular formula is C30H16BFN2. The SMILES string of the molecule is Fc1cc2c3c4c1c1ccccc1n4-c1ccccc1B3c1cccc3c4ccccc4n-2c13. The molecule has 2 aliphatic rings. The van der Waals surface area contributed by atoms with Crippen LogP contribution in [0.5, 0.6) is 0 Å². The average Bonchev–Trinajstić information content (AvgIpc) is 3.41. The van der Waals surface area contributed by atoms with Crippen LogP contribution in [0.15, 0.2) is 97.1 Å². The minimum atomic E-state index is -0.160. The van der Waals surface area contributed by atoms with Crippen LogP contribution in [0.4, 0.5) is 4.39 Å². The highest BCUT2D eigenvalue weighted by Crippen LogP contribution is 2.40. The van der Waals surface area contributed by atoms with Crippen molar-refractivity contribution >= 4 is 66.7 Å². The van der Waals surface area contributed by atoms with E-state index in [9.17, 15) is 0 Å². The molecule has 0 unspecified atom stereocenters. The summed E-state index contributed by atoms with van der Waals surface area (Å²) in [5.74, 6) is -0.160. The fraction of sp³-hybridized carbons (Fsp3) is 0. The lowest BCUT2D eigenvalue weighted by molar-refractivity contribution is 0.640. The Bertz CT molecular complexity index is 2050. The van der Waals surface area contributed by atoms with Crippen LogP contribution in [-0.2, 0) is 0 Å². The van der Waals surface area contributed by atoms with E-state index in [0.717, 1.165) is 38.7 Å². The maximum atomic E-state index is 16.1. The molecule has 4 heteroatoms. The first kappa shape index (κ1) is 17.2. The third-order valence-corrected chi connectivity index (χ3v) is 7.96. The first-order valence-electron chi connectivity index (χ1n) is 11.7. The molecule has 4 heterocycles. The van der Waals surface area contributed by atoms with Crippen LogP contribution >= 0.6 is 0 Å². The average molecular weight is 434 g/mol. The minimum Gasteiger partial charge on any atom is -0.310 e. The quantitative estimate of drug-likeness (QED) is 0.292. The summed E-state index contributed by atoms with van der Waals surface area (Å²) >= 11 is 0. The second-order valence-electron chi connectivity index (χ2n) is 9.46. The van der Waals surface area contributed by atoms with Gasteiger partial charge in [0.05, 0.1) is 16.6 Å². The molecule has 0 N–H and O–H groups in total. The standard InChI is InChI=1S/C30H16BFN2/c32-22-16-26-28-30-27(22)19-9-2-5-14-24(19)33(30)25-15-6-3-11-20(25)31(28)21-12-7-10-18-17-8-1-4-13-23(17)34(26)29(18)21/h1-16H. The van der Waals surface area contributed by atoms with Crippen molar-refractivity contribution in [3.63, 3.8) is 0 Å². The van der Waals surface area contributed by atoms with E-state index in [1.165, 1.54) is 32.7 Å². The van der Waals surface area contributed by atoms with Gasteiger partial charge in [-0.2, -0.15) is 0 Å². The molecule has 2 aliphatic heterocycles. The Morgan fingerprint density at radius 2 is 1.21 bits per heavy atom. The van der Waals surface area contributed by atoms with E-state index in [4.69, 9.17) is 0 Å². The van der Waals surface area contributed by atoms with E-state index in [0.29, 0.717) is 0 Å². The molecule has 156 valence electrons. The molecule has 0 amide bonds. The predicted octanol–water partition coefficient (Wildman–Crippen LogP) is 5.16.